The summed E-state index contributed by atoms with van der Waals surface area (Å²) in [6.45, 7) is 8.47. The molecule has 0 radical (unpaired) electrons. The van der Waals surface area contributed by atoms with Gasteiger partial charge in [0.1, 0.15) is 5.82 Å². The number of hydrogen-bond acceptors (Lipinski definition) is 5. The molecule has 2 aromatic rings. The number of aliphatic hydroxyl groups is 2. The van der Waals surface area contributed by atoms with Gasteiger partial charge in [-0.15, -0.1) is 0 Å². The molecule has 0 aliphatic heterocycles. The van der Waals surface area contributed by atoms with Crippen LogP contribution < -0.4 is 5.32 Å². The molecule has 9 heteroatoms. The van der Waals surface area contributed by atoms with Gasteiger partial charge in [0.15, 0.2) is 5.69 Å². The van der Waals surface area contributed by atoms with Gasteiger partial charge in [0.05, 0.1) is 30.0 Å². The van der Waals surface area contributed by atoms with E-state index in [-0.39, 0.29) is 23.9 Å². The van der Waals surface area contributed by atoms with Gasteiger partial charge in [0.25, 0.3) is 5.91 Å². The van der Waals surface area contributed by atoms with Crippen molar-refractivity contribution in [2.45, 2.75) is 65.1 Å². The molecular formula is C25H34FN3O5. The lowest BCUT2D eigenvalue weighted by atomic mass is 9.98. The summed E-state index contributed by atoms with van der Waals surface area (Å²) in [4.78, 5) is 23.7. The van der Waals surface area contributed by atoms with Gasteiger partial charge in [0, 0.05) is 18.5 Å². The highest BCUT2D eigenvalue weighted by Crippen LogP contribution is 2.28. The van der Waals surface area contributed by atoms with E-state index >= 15 is 0 Å². The fraction of sp³-hybridized carbons (Fsp3) is 0.480. The van der Waals surface area contributed by atoms with E-state index in [9.17, 15) is 24.2 Å². The normalized spacial score (nSPS) is 13.6. The molecule has 0 aliphatic carbocycles. The van der Waals surface area contributed by atoms with Crippen LogP contribution in [-0.2, 0) is 4.79 Å². The molecule has 0 saturated heterocycles. The van der Waals surface area contributed by atoms with E-state index in [1.165, 1.54) is 35.0 Å². The Morgan fingerprint density at radius 3 is 2.35 bits per heavy atom. The number of carbonyl (C=O) groups is 2. The first-order chi connectivity index (χ1) is 16.0. The molecule has 2 rings (SSSR count). The number of carbonyl (C=O) groups excluding carboxylic acids is 1. The third-order valence-electron chi connectivity index (χ3n) is 5.23. The summed E-state index contributed by atoms with van der Waals surface area (Å²) in [5.41, 5.74) is 1.95. The highest BCUT2D eigenvalue weighted by Gasteiger charge is 2.25. The number of nitrogens with one attached hydrogen (secondary N) is 1. The average Bonchev–Trinajstić information content (AvgIpc) is 3.11. The van der Waals surface area contributed by atoms with Crippen LogP contribution in [0.2, 0.25) is 0 Å². The summed E-state index contributed by atoms with van der Waals surface area (Å²) in [7, 11) is 0. The van der Waals surface area contributed by atoms with Gasteiger partial charge in [-0.2, -0.15) is 5.10 Å². The second kappa shape index (κ2) is 12.4. The minimum absolute atomic E-state index is 0.102. The Morgan fingerprint density at radius 2 is 1.79 bits per heavy atom. The van der Waals surface area contributed by atoms with E-state index in [2.05, 4.69) is 24.3 Å². The van der Waals surface area contributed by atoms with Crippen molar-refractivity contribution in [3.63, 3.8) is 0 Å². The Morgan fingerprint density at radius 1 is 1.15 bits per heavy atom. The maximum atomic E-state index is 13.5. The maximum Gasteiger partial charge on any atom is 0.305 e. The van der Waals surface area contributed by atoms with Gasteiger partial charge in [-0.3, -0.25) is 9.59 Å². The van der Waals surface area contributed by atoms with Crippen molar-refractivity contribution in [1.82, 2.24) is 15.1 Å². The van der Waals surface area contributed by atoms with Crippen LogP contribution in [0.4, 0.5) is 4.39 Å². The fourth-order valence-corrected chi connectivity index (χ4v) is 3.52. The van der Waals surface area contributed by atoms with Crippen LogP contribution >= 0.6 is 0 Å². The van der Waals surface area contributed by atoms with Crippen molar-refractivity contribution in [3.05, 3.63) is 53.1 Å². The van der Waals surface area contributed by atoms with Crippen molar-refractivity contribution in [3.8, 4) is 5.69 Å². The first-order valence-electron chi connectivity index (χ1n) is 11.4. The molecule has 1 heterocycles. The standard InChI is InChI=1S/C25H34FN3O5/c1-15(2)11-12-27-25(34)24-23(16(3)4)21(10-9-19(30)13-20(31)14-22(32)33)29(28-24)18-7-5-17(26)6-8-18/h5-10,15-16,19-20,30-31H,11-14H2,1-4H3,(H,27,34)(H,32,33)/t19-,20+/m0/s1. The number of halogens is 1. The molecule has 1 aromatic carbocycles. The predicted octanol–water partition coefficient (Wildman–Crippen LogP) is 3.51. The maximum absolute atomic E-state index is 13.5. The van der Waals surface area contributed by atoms with E-state index in [1.807, 2.05) is 13.8 Å². The van der Waals surface area contributed by atoms with Crippen molar-refractivity contribution in [1.29, 1.82) is 0 Å². The predicted molar refractivity (Wildman–Crippen MR) is 127 cm³/mol. The molecular weight excluding hydrogens is 441 g/mol. The second-order valence-corrected chi connectivity index (χ2v) is 9.04. The Bertz CT molecular complexity index is 999. The Hall–Kier alpha value is -3.04. The number of benzene rings is 1. The fourth-order valence-electron chi connectivity index (χ4n) is 3.52. The van der Waals surface area contributed by atoms with Gasteiger partial charge in [-0.1, -0.05) is 33.8 Å². The minimum Gasteiger partial charge on any atom is -0.481 e. The van der Waals surface area contributed by atoms with E-state index < -0.39 is 30.4 Å². The first kappa shape index (κ1) is 27.2. The number of carboxylic acids is 1. The zero-order chi connectivity index (χ0) is 25.4. The molecule has 0 unspecified atom stereocenters. The largest absolute Gasteiger partial charge is 0.481 e. The topological polar surface area (TPSA) is 125 Å². The summed E-state index contributed by atoms with van der Waals surface area (Å²) in [6.07, 6.45) is 0.881. The molecule has 1 aromatic heterocycles. The number of aromatic nitrogens is 2. The Kier molecular flexibility index (Phi) is 9.95. The summed E-state index contributed by atoms with van der Waals surface area (Å²) in [6, 6.07) is 5.66. The second-order valence-electron chi connectivity index (χ2n) is 9.04. The quantitative estimate of drug-likeness (QED) is 0.372. The summed E-state index contributed by atoms with van der Waals surface area (Å²) in [5, 5.41) is 36.3. The van der Waals surface area contributed by atoms with Gasteiger partial charge in [-0.05, 0) is 48.6 Å². The lowest BCUT2D eigenvalue weighted by Crippen LogP contribution is -2.27. The van der Waals surface area contributed by atoms with Gasteiger partial charge >= 0.3 is 5.97 Å². The Balaban J connectivity index is 2.46. The van der Waals surface area contributed by atoms with Crippen molar-refractivity contribution in [2.24, 2.45) is 5.92 Å². The molecule has 2 atom stereocenters. The van der Waals surface area contributed by atoms with Crippen LogP contribution in [0.3, 0.4) is 0 Å². The monoisotopic (exact) mass is 475 g/mol. The molecule has 0 bridgehead atoms. The molecule has 0 aliphatic rings. The smallest absolute Gasteiger partial charge is 0.305 e. The molecule has 0 fully saturated rings. The van der Waals surface area contributed by atoms with E-state index in [4.69, 9.17) is 5.11 Å². The molecule has 0 saturated carbocycles. The summed E-state index contributed by atoms with van der Waals surface area (Å²) >= 11 is 0. The van der Waals surface area contributed by atoms with Gasteiger partial charge < -0.3 is 20.6 Å². The zero-order valence-corrected chi connectivity index (χ0v) is 20.0. The van der Waals surface area contributed by atoms with Crippen molar-refractivity contribution >= 4 is 18.0 Å². The first-order valence-corrected chi connectivity index (χ1v) is 11.4. The molecule has 34 heavy (non-hydrogen) atoms. The van der Waals surface area contributed by atoms with E-state index in [0.717, 1.165) is 6.42 Å². The molecule has 8 nitrogen and oxygen atoms in total. The van der Waals surface area contributed by atoms with Crippen molar-refractivity contribution in [2.75, 3.05) is 6.54 Å². The number of aliphatic carboxylic acids is 1. The SMILES string of the molecule is CC(C)CCNC(=O)c1nn(-c2ccc(F)cc2)c(C=C[C@H](O)C[C@@H](O)CC(=O)O)c1C(C)C. The highest BCUT2D eigenvalue weighted by atomic mass is 19.1. The highest BCUT2D eigenvalue weighted by molar-refractivity contribution is 5.95. The molecule has 0 spiro atoms. The van der Waals surface area contributed by atoms with Crippen LogP contribution in [-0.4, -0.2) is 55.7 Å². The van der Waals surface area contributed by atoms with Crippen LogP contribution in [0.25, 0.3) is 11.8 Å². The summed E-state index contributed by atoms with van der Waals surface area (Å²) < 4.78 is 15.0. The van der Waals surface area contributed by atoms with Gasteiger partial charge in [-0.25, -0.2) is 9.07 Å². The zero-order valence-electron chi connectivity index (χ0n) is 20.0. The van der Waals surface area contributed by atoms with E-state index in [0.29, 0.717) is 29.4 Å². The third kappa shape index (κ3) is 7.78. The van der Waals surface area contributed by atoms with Crippen LogP contribution in [0.1, 0.15) is 74.6 Å². The number of nitrogens with zero attached hydrogens (tertiary/aromatic N) is 2. The number of aliphatic hydroxyl groups excluding tert-OH is 2. The lowest BCUT2D eigenvalue weighted by Gasteiger charge is -2.12. The molecule has 1 amide bonds. The number of amides is 1. The molecule has 186 valence electrons. The van der Waals surface area contributed by atoms with E-state index in [1.54, 1.807) is 6.08 Å². The summed E-state index contributed by atoms with van der Waals surface area (Å²) in [5.74, 6) is -1.57. The lowest BCUT2D eigenvalue weighted by molar-refractivity contribution is -0.139. The minimum atomic E-state index is -1.20. The number of hydrogen-bond donors (Lipinski definition) is 4. The Labute approximate surface area is 199 Å². The average molecular weight is 476 g/mol. The molecule has 4 N–H and O–H groups in total. The van der Waals surface area contributed by atoms with Crippen LogP contribution in [0.5, 0.6) is 0 Å². The third-order valence-corrected chi connectivity index (χ3v) is 5.23. The van der Waals surface area contributed by atoms with Crippen molar-refractivity contribution < 1.29 is 29.3 Å². The van der Waals surface area contributed by atoms with Gasteiger partial charge in [0.2, 0.25) is 0 Å². The number of rotatable bonds is 12. The van der Waals surface area contributed by atoms with Crippen LogP contribution in [0, 0.1) is 11.7 Å². The number of carboxylic acid groups (broad SMARTS) is 1. The van der Waals surface area contributed by atoms with Crippen LogP contribution in [0.15, 0.2) is 30.3 Å².